The molecule has 0 unspecified atom stereocenters. The number of para-hydroxylation sites is 1. The molecule has 1 fully saturated rings. The van der Waals surface area contributed by atoms with Gasteiger partial charge in [-0.25, -0.2) is 0 Å². The van der Waals surface area contributed by atoms with Crippen molar-refractivity contribution in [3.8, 4) is 0 Å². The van der Waals surface area contributed by atoms with Crippen molar-refractivity contribution in [2.45, 2.75) is 26.7 Å². The Morgan fingerprint density at radius 3 is 2.83 bits per heavy atom. The fourth-order valence-corrected chi connectivity index (χ4v) is 2.39. The summed E-state index contributed by atoms with van der Waals surface area (Å²) in [7, 11) is 0. The zero-order valence-corrected chi connectivity index (χ0v) is 12.0. The molecule has 1 N–H and O–H groups in total. The topological polar surface area (TPSA) is 18.5 Å². The first-order chi connectivity index (χ1) is 8.72. The highest BCUT2D eigenvalue weighted by atomic mass is 32.1. The lowest BCUT2D eigenvalue weighted by Crippen LogP contribution is -2.56. The summed E-state index contributed by atoms with van der Waals surface area (Å²) in [6.45, 7) is 7.22. The van der Waals surface area contributed by atoms with Crippen LogP contribution in [0.15, 0.2) is 24.3 Å². The smallest absolute Gasteiger partial charge is 0.175 e. The molecule has 0 amide bonds. The van der Waals surface area contributed by atoms with Crippen molar-refractivity contribution in [2.75, 3.05) is 24.8 Å². The molecule has 0 spiro atoms. The Hall–Kier alpha value is -1.13. The van der Waals surface area contributed by atoms with Crippen LogP contribution in [0.2, 0.25) is 0 Å². The Balaban J connectivity index is 2.10. The number of benzene rings is 1. The SMILES string of the molecule is CCCCN1CNC(=S)N(c2ccccc2C)C1. The molecule has 1 aromatic rings. The van der Waals surface area contributed by atoms with Gasteiger partial charge in [0, 0.05) is 12.2 Å². The van der Waals surface area contributed by atoms with Crippen molar-refractivity contribution in [3.63, 3.8) is 0 Å². The first-order valence-corrected chi connectivity index (χ1v) is 6.96. The summed E-state index contributed by atoms with van der Waals surface area (Å²) >= 11 is 5.42. The van der Waals surface area contributed by atoms with Gasteiger partial charge in [0.1, 0.15) is 0 Å². The molecule has 2 rings (SSSR count). The summed E-state index contributed by atoms with van der Waals surface area (Å²) in [4.78, 5) is 4.58. The number of thiocarbonyl (C=S) groups is 1. The number of hydrogen-bond acceptors (Lipinski definition) is 2. The number of hydrogen-bond donors (Lipinski definition) is 1. The van der Waals surface area contributed by atoms with E-state index in [0.29, 0.717) is 0 Å². The number of aryl methyl sites for hydroxylation is 1. The number of nitrogens with one attached hydrogen (secondary N) is 1. The summed E-state index contributed by atoms with van der Waals surface area (Å²) < 4.78 is 0. The third-order valence-electron chi connectivity index (χ3n) is 3.27. The highest BCUT2D eigenvalue weighted by Crippen LogP contribution is 2.21. The molecule has 98 valence electrons. The summed E-state index contributed by atoms with van der Waals surface area (Å²) in [6, 6.07) is 8.39. The average Bonchev–Trinajstić information content (AvgIpc) is 2.39. The van der Waals surface area contributed by atoms with Crippen LogP contribution in [0.25, 0.3) is 0 Å². The van der Waals surface area contributed by atoms with E-state index in [9.17, 15) is 0 Å². The minimum atomic E-state index is 0.831. The molecule has 0 radical (unpaired) electrons. The maximum Gasteiger partial charge on any atom is 0.175 e. The molecule has 0 aromatic heterocycles. The maximum atomic E-state index is 5.42. The Morgan fingerprint density at radius 2 is 2.11 bits per heavy atom. The van der Waals surface area contributed by atoms with E-state index in [1.165, 1.54) is 24.1 Å². The van der Waals surface area contributed by atoms with Gasteiger partial charge in [-0.05, 0) is 37.2 Å². The van der Waals surface area contributed by atoms with Crippen LogP contribution in [0.4, 0.5) is 5.69 Å². The minimum absolute atomic E-state index is 0.831. The van der Waals surface area contributed by atoms with Gasteiger partial charge in [0.25, 0.3) is 0 Å². The van der Waals surface area contributed by atoms with E-state index in [1.807, 2.05) is 0 Å². The van der Waals surface area contributed by atoms with Gasteiger partial charge in [-0.15, -0.1) is 0 Å². The van der Waals surface area contributed by atoms with Gasteiger partial charge in [-0.2, -0.15) is 0 Å². The normalized spacial score (nSPS) is 16.8. The summed E-state index contributed by atoms with van der Waals surface area (Å²) in [5, 5.41) is 4.13. The van der Waals surface area contributed by atoms with Crippen molar-refractivity contribution in [3.05, 3.63) is 29.8 Å². The van der Waals surface area contributed by atoms with Crippen molar-refractivity contribution < 1.29 is 0 Å². The van der Waals surface area contributed by atoms with Gasteiger partial charge >= 0.3 is 0 Å². The Morgan fingerprint density at radius 1 is 1.33 bits per heavy atom. The van der Waals surface area contributed by atoms with Gasteiger partial charge in [-0.3, -0.25) is 4.90 Å². The number of unbranched alkanes of at least 4 members (excludes halogenated alkanes) is 1. The largest absolute Gasteiger partial charge is 0.349 e. The minimum Gasteiger partial charge on any atom is -0.349 e. The Kier molecular flexibility index (Phi) is 4.55. The lowest BCUT2D eigenvalue weighted by atomic mass is 10.2. The second-order valence-corrected chi connectivity index (χ2v) is 5.13. The standard InChI is InChI=1S/C14H21N3S/c1-3-4-9-16-10-15-14(18)17(11-16)13-8-6-5-7-12(13)2/h5-8H,3-4,9-11H2,1-2H3,(H,15,18). The van der Waals surface area contributed by atoms with Crippen LogP contribution in [0, 0.1) is 6.92 Å². The van der Waals surface area contributed by atoms with Crippen LogP contribution in [0.1, 0.15) is 25.3 Å². The molecule has 1 saturated heterocycles. The van der Waals surface area contributed by atoms with Crippen molar-refractivity contribution >= 4 is 23.0 Å². The van der Waals surface area contributed by atoms with Crippen LogP contribution in [-0.2, 0) is 0 Å². The van der Waals surface area contributed by atoms with Crippen LogP contribution in [0.3, 0.4) is 0 Å². The Labute approximate surface area is 115 Å². The molecule has 3 nitrogen and oxygen atoms in total. The van der Waals surface area contributed by atoms with Crippen LogP contribution in [-0.4, -0.2) is 29.9 Å². The number of nitrogens with zero attached hydrogens (tertiary/aromatic N) is 2. The number of rotatable bonds is 4. The molecule has 0 atom stereocenters. The Bertz CT molecular complexity index is 419. The van der Waals surface area contributed by atoms with E-state index in [-0.39, 0.29) is 0 Å². The van der Waals surface area contributed by atoms with E-state index >= 15 is 0 Å². The zero-order chi connectivity index (χ0) is 13.0. The second-order valence-electron chi connectivity index (χ2n) is 4.74. The van der Waals surface area contributed by atoms with Crippen LogP contribution < -0.4 is 10.2 Å². The first kappa shape index (κ1) is 13.3. The molecule has 18 heavy (non-hydrogen) atoms. The predicted molar refractivity (Wildman–Crippen MR) is 80.7 cm³/mol. The lowest BCUT2D eigenvalue weighted by molar-refractivity contribution is 0.257. The van der Waals surface area contributed by atoms with Crippen LogP contribution >= 0.6 is 12.2 Å². The van der Waals surface area contributed by atoms with E-state index in [4.69, 9.17) is 12.2 Å². The monoisotopic (exact) mass is 263 g/mol. The van der Waals surface area contributed by atoms with Crippen molar-refractivity contribution in [1.82, 2.24) is 10.2 Å². The fraction of sp³-hybridized carbons (Fsp3) is 0.500. The van der Waals surface area contributed by atoms with Crippen molar-refractivity contribution in [2.24, 2.45) is 0 Å². The summed E-state index contributed by atoms with van der Waals surface area (Å²) in [6.07, 6.45) is 2.46. The third-order valence-corrected chi connectivity index (χ3v) is 3.64. The van der Waals surface area contributed by atoms with Gasteiger partial charge < -0.3 is 10.2 Å². The molecule has 4 heteroatoms. The predicted octanol–water partition coefficient (Wildman–Crippen LogP) is 2.71. The zero-order valence-electron chi connectivity index (χ0n) is 11.1. The molecule has 1 heterocycles. The summed E-state index contributed by atoms with van der Waals surface area (Å²) in [5.74, 6) is 0. The highest BCUT2D eigenvalue weighted by molar-refractivity contribution is 7.80. The molecule has 1 aliphatic heterocycles. The number of anilines is 1. The summed E-state index contributed by atoms with van der Waals surface area (Å²) in [5.41, 5.74) is 2.47. The molecule has 1 aromatic carbocycles. The second kappa shape index (κ2) is 6.16. The van der Waals surface area contributed by atoms with Crippen LogP contribution in [0.5, 0.6) is 0 Å². The molecular weight excluding hydrogens is 242 g/mol. The van der Waals surface area contributed by atoms with E-state index in [2.05, 4.69) is 53.2 Å². The van der Waals surface area contributed by atoms with E-state index in [0.717, 1.165) is 25.0 Å². The fourth-order valence-electron chi connectivity index (χ4n) is 2.17. The molecule has 0 aliphatic carbocycles. The van der Waals surface area contributed by atoms with E-state index < -0.39 is 0 Å². The quantitative estimate of drug-likeness (QED) is 0.842. The first-order valence-electron chi connectivity index (χ1n) is 6.55. The van der Waals surface area contributed by atoms with Gasteiger partial charge in [-0.1, -0.05) is 31.5 Å². The van der Waals surface area contributed by atoms with Gasteiger partial charge in [0.2, 0.25) is 0 Å². The lowest BCUT2D eigenvalue weighted by Gasteiger charge is -2.38. The third kappa shape index (κ3) is 3.00. The van der Waals surface area contributed by atoms with Crippen molar-refractivity contribution in [1.29, 1.82) is 0 Å². The molecule has 1 aliphatic rings. The molecule has 0 bridgehead atoms. The van der Waals surface area contributed by atoms with E-state index in [1.54, 1.807) is 0 Å². The average molecular weight is 263 g/mol. The highest BCUT2D eigenvalue weighted by Gasteiger charge is 2.22. The van der Waals surface area contributed by atoms with Gasteiger partial charge in [0.05, 0.1) is 13.3 Å². The molecular formula is C14H21N3S. The van der Waals surface area contributed by atoms with Gasteiger partial charge in [0.15, 0.2) is 5.11 Å². The maximum absolute atomic E-state index is 5.42. The molecule has 0 saturated carbocycles.